The van der Waals surface area contributed by atoms with Gasteiger partial charge in [0.15, 0.2) is 0 Å². The molecule has 1 fully saturated rings. The molecule has 0 spiro atoms. The van der Waals surface area contributed by atoms with Crippen molar-refractivity contribution < 1.29 is 14.6 Å². The van der Waals surface area contributed by atoms with Crippen LogP contribution in [0.3, 0.4) is 0 Å². The molecule has 1 saturated carbocycles. The normalized spacial score (nSPS) is 15.0. The molecule has 0 saturated heterocycles. The summed E-state index contributed by atoms with van der Waals surface area (Å²) in [5.74, 6) is 1.11. The minimum Gasteiger partial charge on any atom is -0.507 e. The maximum absolute atomic E-state index is 13.0. The predicted molar refractivity (Wildman–Crippen MR) is 134 cm³/mol. The Morgan fingerprint density at radius 1 is 1.03 bits per heavy atom. The minimum atomic E-state index is -0.634. The first-order valence-corrected chi connectivity index (χ1v) is 11.5. The van der Waals surface area contributed by atoms with Crippen molar-refractivity contribution in [3.05, 3.63) is 65.2 Å². The number of phenolic OH excluding ortho intramolecular Hbond substituents is 1. The van der Waals surface area contributed by atoms with Crippen molar-refractivity contribution in [1.82, 2.24) is 10.6 Å². The SMILES string of the molecule is C=C(NC1(C(=O)NCc2ccc(OC)cc2)CC1)c1cc(C(C)(C)C)c(O)c(C(C)(C)C)c1. The van der Waals surface area contributed by atoms with Gasteiger partial charge in [-0.1, -0.05) is 60.3 Å². The van der Waals surface area contributed by atoms with E-state index in [-0.39, 0.29) is 16.7 Å². The van der Waals surface area contributed by atoms with Gasteiger partial charge in [0.05, 0.1) is 7.11 Å². The summed E-state index contributed by atoms with van der Waals surface area (Å²) in [4.78, 5) is 13.0. The zero-order valence-corrected chi connectivity index (χ0v) is 21.1. The summed E-state index contributed by atoms with van der Waals surface area (Å²) in [5, 5.41) is 17.4. The third-order valence-corrected chi connectivity index (χ3v) is 6.26. The van der Waals surface area contributed by atoms with E-state index in [1.165, 1.54) is 0 Å². The number of aromatic hydroxyl groups is 1. The molecule has 0 unspecified atom stereocenters. The minimum absolute atomic E-state index is 0.0228. The predicted octanol–water partition coefficient (Wildman–Crippen LogP) is 5.41. The van der Waals surface area contributed by atoms with Gasteiger partial charge in [0.2, 0.25) is 5.91 Å². The Kier molecular flexibility index (Phi) is 6.56. The number of amides is 1. The van der Waals surface area contributed by atoms with Gasteiger partial charge in [0.1, 0.15) is 17.0 Å². The van der Waals surface area contributed by atoms with E-state index in [0.29, 0.717) is 18.0 Å². The Morgan fingerprint density at radius 2 is 1.55 bits per heavy atom. The molecule has 0 atom stereocenters. The van der Waals surface area contributed by atoms with E-state index in [1.54, 1.807) is 7.11 Å². The third kappa shape index (κ3) is 5.52. The molecule has 3 rings (SSSR count). The molecule has 1 aliphatic carbocycles. The molecule has 2 aromatic rings. The second-order valence-corrected chi connectivity index (χ2v) is 11.1. The molecule has 0 bridgehead atoms. The maximum atomic E-state index is 13.0. The molecule has 5 heteroatoms. The average molecular weight is 451 g/mol. The molecule has 178 valence electrons. The smallest absolute Gasteiger partial charge is 0.245 e. The molecule has 2 aromatic carbocycles. The van der Waals surface area contributed by atoms with Crippen molar-refractivity contribution in [2.75, 3.05) is 7.11 Å². The van der Waals surface area contributed by atoms with E-state index in [4.69, 9.17) is 4.74 Å². The number of hydrogen-bond donors (Lipinski definition) is 3. The van der Waals surface area contributed by atoms with Crippen LogP contribution >= 0.6 is 0 Å². The number of rotatable bonds is 7. The molecule has 1 amide bonds. The highest BCUT2D eigenvalue weighted by Gasteiger charge is 2.50. The van der Waals surface area contributed by atoms with Crippen LogP contribution in [-0.4, -0.2) is 23.7 Å². The Balaban J connectivity index is 1.77. The van der Waals surface area contributed by atoms with Crippen molar-refractivity contribution in [1.29, 1.82) is 0 Å². The van der Waals surface area contributed by atoms with Crippen molar-refractivity contribution >= 4 is 11.6 Å². The summed E-state index contributed by atoms with van der Waals surface area (Å²) >= 11 is 0. The standard InChI is InChI=1S/C28H38N2O3/c1-18(20-15-22(26(2,3)4)24(31)23(16-20)27(5,6)7)30-28(13-14-28)25(32)29-17-19-9-11-21(33-8)12-10-19/h9-12,15-16,30-31H,1,13-14,17H2,2-8H3,(H,29,32). The highest BCUT2D eigenvalue weighted by molar-refractivity contribution is 5.91. The third-order valence-electron chi connectivity index (χ3n) is 6.26. The molecule has 0 heterocycles. The Labute approximate surface area is 198 Å². The highest BCUT2D eigenvalue weighted by Crippen LogP contribution is 2.42. The number of ether oxygens (including phenoxy) is 1. The summed E-state index contributed by atoms with van der Waals surface area (Å²) in [6.07, 6.45) is 1.52. The largest absolute Gasteiger partial charge is 0.507 e. The van der Waals surface area contributed by atoms with E-state index in [2.05, 4.69) is 58.8 Å². The van der Waals surface area contributed by atoms with Gasteiger partial charge in [-0.25, -0.2) is 0 Å². The first kappa shape index (κ1) is 24.7. The van der Waals surface area contributed by atoms with Crippen LogP contribution in [0.1, 0.15) is 76.6 Å². The number of carbonyl (C=O) groups is 1. The number of hydrogen-bond acceptors (Lipinski definition) is 4. The number of nitrogens with one attached hydrogen (secondary N) is 2. The molecule has 0 aromatic heterocycles. The first-order chi connectivity index (χ1) is 15.3. The second kappa shape index (κ2) is 8.77. The van der Waals surface area contributed by atoms with Gasteiger partial charge in [-0.3, -0.25) is 4.79 Å². The van der Waals surface area contributed by atoms with E-state index in [1.807, 2.05) is 36.4 Å². The number of carbonyl (C=O) groups excluding carboxylic acids is 1. The Morgan fingerprint density at radius 3 is 1.97 bits per heavy atom. The molecule has 1 aliphatic rings. The van der Waals surface area contributed by atoms with Crippen molar-refractivity contribution in [2.24, 2.45) is 0 Å². The van der Waals surface area contributed by atoms with Crippen molar-refractivity contribution in [3.8, 4) is 11.5 Å². The van der Waals surface area contributed by atoms with Gasteiger partial charge >= 0.3 is 0 Å². The average Bonchev–Trinajstić information content (AvgIpc) is 3.51. The molecule has 0 aliphatic heterocycles. The first-order valence-electron chi connectivity index (χ1n) is 11.5. The lowest BCUT2D eigenvalue weighted by molar-refractivity contribution is -0.124. The van der Waals surface area contributed by atoms with Gasteiger partial charge in [0.25, 0.3) is 0 Å². The van der Waals surface area contributed by atoms with Crippen molar-refractivity contribution in [3.63, 3.8) is 0 Å². The van der Waals surface area contributed by atoms with Crippen LogP contribution in [0.5, 0.6) is 11.5 Å². The molecule has 0 radical (unpaired) electrons. The summed E-state index contributed by atoms with van der Waals surface area (Å²) in [6, 6.07) is 11.7. The molecule has 5 nitrogen and oxygen atoms in total. The number of benzene rings is 2. The van der Waals surface area contributed by atoms with E-state index < -0.39 is 5.54 Å². The number of phenols is 1. The monoisotopic (exact) mass is 450 g/mol. The van der Waals surface area contributed by atoms with Crippen LogP contribution in [-0.2, 0) is 22.2 Å². The zero-order chi connectivity index (χ0) is 24.6. The summed E-state index contributed by atoms with van der Waals surface area (Å²) in [5.41, 5.74) is 3.27. The van der Waals surface area contributed by atoms with Crippen LogP contribution < -0.4 is 15.4 Å². The van der Waals surface area contributed by atoms with Gasteiger partial charge in [-0.15, -0.1) is 0 Å². The topological polar surface area (TPSA) is 70.6 Å². The molecule has 3 N–H and O–H groups in total. The van der Waals surface area contributed by atoms with E-state index in [9.17, 15) is 9.90 Å². The highest BCUT2D eigenvalue weighted by atomic mass is 16.5. The van der Waals surface area contributed by atoms with Crippen LogP contribution in [0, 0.1) is 0 Å². The lowest BCUT2D eigenvalue weighted by Crippen LogP contribution is -2.45. The lowest BCUT2D eigenvalue weighted by Gasteiger charge is -2.29. The fourth-order valence-corrected chi connectivity index (χ4v) is 3.94. The Bertz CT molecular complexity index is 1000. The van der Waals surface area contributed by atoms with Crippen molar-refractivity contribution in [2.45, 2.75) is 77.3 Å². The van der Waals surface area contributed by atoms with Crippen LogP contribution in [0.15, 0.2) is 43.0 Å². The second-order valence-electron chi connectivity index (χ2n) is 11.1. The van der Waals surface area contributed by atoms with E-state index >= 15 is 0 Å². The summed E-state index contributed by atoms with van der Waals surface area (Å²) in [6.45, 7) is 17.2. The van der Waals surface area contributed by atoms with Crippen LogP contribution in [0.2, 0.25) is 0 Å². The lowest BCUT2D eigenvalue weighted by atomic mass is 9.78. The molecule has 33 heavy (non-hydrogen) atoms. The van der Waals surface area contributed by atoms with Crippen LogP contribution in [0.4, 0.5) is 0 Å². The fourth-order valence-electron chi connectivity index (χ4n) is 3.94. The van der Waals surface area contributed by atoms with Gasteiger partial charge in [-0.05, 0) is 59.1 Å². The molecular weight excluding hydrogens is 412 g/mol. The van der Waals surface area contributed by atoms with Gasteiger partial charge in [-0.2, -0.15) is 0 Å². The quantitative estimate of drug-likeness (QED) is 0.528. The molecular formula is C28H38N2O3. The fraction of sp³-hybridized carbons (Fsp3) is 0.464. The number of methoxy groups -OCH3 is 1. The van der Waals surface area contributed by atoms with Crippen LogP contribution in [0.25, 0.3) is 5.70 Å². The summed E-state index contributed by atoms with van der Waals surface area (Å²) < 4.78 is 5.19. The Hall–Kier alpha value is -2.95. The van der Waals surface area contributed by atoms with E-state index in [0.717, 1.165) is 40.8 Å². The summed E-state index contributed by atoms with van der Waals surface area (Å²) in [7, 11) is 1.63. The van der Waals surface area contributed by atoms with Gasteiger partial charge in [0, 0.05) is 23.4 Å². The zero-order valence-electron chi connectivity index (χ0n) is 21.1. The van der Waals surface area contributed by atoms with Gasteiger partial charge < -0.3 is 20.5 Å². The maximum Gasteiger partial charge on any atom is 0.245 e.